The van der Waals surface area contributed by atoms with Crippen LogP contribution in [0.15, 0.2) is 18.2 Å². The van der Waals surface area contributed by atoms with Gasteiger partial charge in [-0.15, -0.1) is 0 Å². The fraction of sp³-hybridized carbons (Fsp3) is 0.417. The maximum absolute atomic E-state index is 13.8. The smallest absolute Gasteiger partial charge is 0.401 e. The van der Waals surface area contributed by atoms with E-state index in [1.54, 1.807) is 0 Å². The first-order valence-corrected chi connectivity index (χ1v) is 5.54. The molecule has 0 aliphatic carbocycles. The molecule has 19 heavy (non-hydrogen) atoms. The summed E-state index contributed by atoms with van der Waals surface area (Å²) in [5, 5.41) is 8.73. The molecule has 0 spiro atoms. The highest BCUT2D eigenvalue weighted by molar-refractivity contribution is 5.88. The van der Waals surface area contributed by atoms with Crippen molar-refractivity contribution in [1.82, 2.24) is 4.90 Å². The third-order valence-corrected chi connectivity index (χ3v) is 2.55. The van der Waals surface area contributed by atoms with Crippen LogP contribution in [-0.4, -0.2) is 35.2 Å². The van der Waals surface area contributed by atoms with Crippen LogP contribution in [0.1, 0.15) is 22.8 Å². The Bertz CT molecular complexity index is 460. The molecule has 3 nitrogen and oxygen atoms in total. The van der Waals surface area contributed by atoms with Gasteiger partial charge in [-0.2, -0.15) is 13.2 Å². The van der Waals surface area contributed by atoms with Gasteiger partial charge in [-0.3, -0.25) is 4.90 Å². The van der Waals surface area contributed by atoms with Gasteiger partial charge < -0.3 is 5.11 Å². The van der Waals surface area contributed by atoms with Crippen LogP contribution >= 0.6 is 0 Å². The zero-order valence-electron chi connectivity index (χ0n) is 10.2. The van der Waals surface area contributed by atoms with Gasteiger partial charge in [-0.1, -0.05) is 19.1 Å². The van der Waals surface area contributed by atoms with Crippen LogP contribution in [0.5, 0.6) is 0 Å². The Balaban J connectivity index is 2.92. The van der Waals surface area contributed by atoms with Crippen molar-refractivity contribution in [3.05, 3.63) is 35.1 Å². The average molecular weight is 279 g/mol. The summed E-state index contributed by atoms with van der Waals surface area (Å²) in [6, 6.07) is 3.66. The standard InChI is InChI=1S/C12H13F4NO2/c1-2-17(7-12(14,15)16)6-8-4-3-5-9(10(8)13)11(18)19/h3-5H,2,6-7H2,1H3,(H,18,19). The number of alkyl halides is 3. The summed E-state index contributed by atoms with van der Waals surface area (Å²) in [5.41, 5.74) is -0.605. The Morgan fingerprint density at radius 1 is 1.37 bits per heavy atom. The molecule has 0 unspecified atom stereocenters. The van der Waals surface area contributed by atoms with Gasteiger partial charge in [0.2, 0.25) is 0 Å². The van der Waals surface area contributed by atoms with E-state index >= 15 is 0 Å². The fourth-order valence-corrected chi connectivity index (χ4v) is 1.64. The number of hydrogen-bond donors (Lipinski definition) is 1. The molecule has 0 atom stereocenters. The van der Waals surface area contributed by atoms with Gasteiger partial charge >= 0.3 is 12.1 Å². The topological polar surface area (TPSA) is 40.5 Å². The quantitative estimate of drug-likeness (QED) is 0.842. The van der Waals surface area contributed by atoms with E-state index in [1.165, 1.54) is 19.1 Å². The lowest BCUT2D eigenvalue weighted by molar-refractivity contribution is -0.146. The Hall–Kier alpha value is -1.63. The zero-order valence-corrected chi connectivity index (χ0v) is 10.2. The number of rotatable bonds is 5. The molecule has 7 heteroatoms. The molecule has 106 valence electrons. The molecule has 0 bridgehead atoms. The van der Waals surface area contributed by atoms with Crippen LogP contribution in [0, 0.1) is 5.82 Å². The van der Waals surface area contributed by atoms with Crippen LogP contribution < -0.4 is 0 Å². The first-order valence-electron chi connectivity index (χ1n) is 5.54. The Labute approximate surface area is 107 Å². The molecule has 0 amide bonds. The van der Waals surface area contributed by atoms with Gasteiger partial charge in [0, 0.05) is 12.1 Å². The highest BCUT2D eigenvalue weighted by atomic mass is 19.4. The van der Waals surface area contributed by atoms with Gasteiger partial charge in [0.25, 0.3) is 0 Å². The molecular formula is C12H13F4NO2. The molecule has 0 aliphatic rings. The van der Waals surface area contributed by atoms with E-state index in [-0.39, 0.29) is 18.7 Å². The van der Waals surface area contributed by atoms with Crippen LogP contribution in [0.4, 0.5) is 17.6 Å². The first kappa shape index (κ1) is 15.4. The van der Waals surface area contributed by atoms with Gasteiger partial charge in [-0.25, -0.2) is 9.18 Å². The van der Waals surface area contributed by atoms with Crippen molar-refractivity contribution in [1.29, 1.82) is 0 Å². The number of aromatic carboxylic acids is 1. The van der Waals surface area contributed by atoms with Crippen molar-refractivity contribution in [2.24, 2.45) is 0 Å². The van der Waals surface area contributed by atoms with E-state index in [2.05, 4.69) is 0 Å². The lowest BCUT2D eigenvalue weighted by atomic mass is 10.1. The lowest BCUT2D eigenvalue weighted by Gasteiger charge is -2.22. The van der Waals surface area contributed by atoms with Crippen molar-refractivity contribution in [3.8, 4) is 0 Å². The summed E-state index contributed by atoms with van der Waals surface area (Å²) in [4.78, 5) is 11.7. The van der Waals surface area contributed by atoms with Crippen LogP contribution in [-0.2, 0) is 6.54 Å². The number of carbonyl (C=O) groups is 1. The van der Waals surface area contributed by atoms with Gasteiger partial charge in [-0.05, 0) is 12.6 Å². The largest absolute Gasteiger partial charge is 0.478 e. The number of benzene rings is 1. The van der Waals surface area contributed by atoms with Crippen molar-refractivity contribution in [2.45, 2.75) is 19.6 Å². The van der Waals surface area contributed by atoms with Crippen LogP contribution in [0.25, 0.3) is 0 Å². The molecule has 1 rings (SSSR count). The maximum Gasteiger partial charge on any atom is 0.401 e. The van der Waals surface area contributed by atoms with Crippen LogP contribution in [0.2, 0.25) is 0 Å². The fourth-order valence-electron chi connectivity index (χ4n) is 1.64. The highest BCUT2D eigenvalue weighted by Gasteiger charge is 2.30. The molecule has 0 fully saturated rings. The van der Waals surface area contributed by atoms with Gasteiger partial charge in [0.1, 0.15) is 5.82 Å². The minimum atomic E-state index is -4.38. The molecule has 1 aromatic rings. The van der Waals surface area contributed by atoms with E-state index < -0.39 is 30.1 Å². The second-order valence-corrected chi connectivity index (χ2v) is 4.00. The van der Waals surface area contributed by atoms with Gasteiger partial charge in [0.15, 0.2) is 0 Å². The summed E-state index contributed by atoms with van der Waals surface area (Å²) >= 11 is 0. The first-order chi connectivity index (χ1) is 8.74. The number of carboxylic acid groups (broad SMARTS) is 1. The summed E-state index contributed by atoms with van der Waals surface area (Å²) < 4.78 is 50.6. The van der Waals surface area contributed by atoms with E-state index in [0.717, 1.165) is 11.0 Å². The molecule has 0 heterocycles. The molecular weight excluding hydrogens is 266 g/mol. The van der Waals surface area contributed by atoms with Crippen molar-refractivity contribution in [2.75, 3.05) is 13.1 Å². The highest BCUT2D eigenvalue weighted by Crippen LogP contribution is 2.20. The zero-order chi connectivity index (χ0) is 14.6. The number of hydrogen-bond acceptors (Lipinski definition) is 2. The summed E-state index contributed by atoms with van der Waals surface area (Å²) in [5.74, 6) is -2.44. The van der Waals surface area contributed by atoms with E-state index in [0.29, 0.717) is 0 Å². The Morgan fingerprint density at radius 2 is 2.00 bits per heavy atom. The Kier molecular flexibility index (Phi) is 4.88. The predicted molar refractivity (Wildman–Crippen MR) is 60.4 cm³/mol. The van der Waals surface area contributed by atoms with Crippen molar-refractivity contribution in [3.63, 3.8) is 0 Å². The molecule has 0 saturated carbocycles. The molecule has 0 aliphatic heterocycles. The second-order valence-electron chi connectivity index (χ2n) is 4.00. The van der Waals surface area contributed by atoms with E-state index in [9.17, 15) is 22.4 Å². The maximum atomic E-state index is 13.8. The number of halogens is 4. The average Bonchev–Trinajstić information content (AvgIpc) is 2.28. The monoisotopic (exact) mass is 279 g/mol. The number of carboxylic acids is 1. The minimum Gasteiger partial charge on any atom is -0.478 e. The summed E-state index contributed by atoms with van der Waals surface area (Å²) in [6.07, 6.45) is -4.38. The van der Waals surface area contributed by atoms with E-state index in [4.69, 9.17) is 5.11 Å². The predicted octanol–water partition coefficient (Wildman–Crippen LogP) is 2.91. The minimum absolute atomic E-state index is 0.0639. The molecule has 0 aromatic heterocycles. The van der Waals surface area contributed by atoms with Gasteiger partial charge in [0.05, 0.1) is 12.1 Å². The molecule has 0 radical (unpaired) electrons. The SMILES string of the molecule is CCN(Cc1cccc(C(=O)O)c1F)CC(F)(F)F. The molecule has 1 aromatic carbocycles. The van der Waals surface area contributed by atoms with Crippen molar-refractivity contribution >= 4 is 5.97 Å². The van der Waals surface area contributed by atoms with Crippen LogP contribution in [0.3, 0.4) is 0 Å². The third kappa shape index (κ3) is 4.51. The second kappa shape index (κ2) is 6.01. The summed E-state index contributed by atoms with van der Waals surface area (Å²) in [6.45, 7) is 0.143. The molecule has 0 saturated heterocycles. The van der Waals surface area contributed by atoms with Crippen molar-refractivity contribution < 1.29 is 27.5 Å². The summed E-state index contributed by atoms with van der Waals surface area (Å²) in [7, 11) is 0. The van der Waals surface area contributed by atoms with E-state index in [1.807, 2.05) is 0 Å². The Morgan fingerprint density at radius 3 is 2.47 bits per heavy atom. The third-order valence-electron chi connectivity index (χ3n) is 2.55. The molecule has 1 N–H and O–H groups in total. The number of nitrogens with zero attached hydrogens (tertiary/aromatic N) is 1. The normalized spacial score (nSPS) is 11.9. The lowest BCUT2D eigenvalue weighted by Crippen LogP contribution is -2.34.